The van der Waals surface area contributed by atoms with Crippen LogP contribution in [-0.4, -0.2) is 0 Å². The van der Waals surface area contributed by atoms with Crippen molar-refractivity contribution in [2.24, 2.45) is 0 Å². The van der Waals surface area contributed by atoms with Crippen LogP contribution in [-0.2, 0) is 19.4 Å². The van der Waals surface area contributed by atoms with Gasteiger partial charge in [-0.2, -0.15) is 0 Å². The van der Waals surface area contributed by atoms with Gasteiger partial charge in [0.25, 0.3) is 0 Å². The van der Waals surface area contributed by atoms with Gasteiger partial charge in [0.15, 0.2) is 0 Å². The van der Waals surface area contributed by atoms with E-state index in [0.717, 1.165) is 13.0 Å². The van der Waals surface area contributed by atoms with E-state index in [0.29, 0.717) is 6.04 Å². The van der Waals surface area contributed by atoms with E-state index in [1.807, 2.05) is 22.7 Å². The Kier molecular flexibility index (Phi) is 3.83. The lowest BCUT2D eigenvalue weighted by Crippen LogP contribution is -2.18. The molecule has 2 aromatic rings. The Morgan fingerprint density at radius 3 is 3.06 bits per heavy atom. The molecule has 1 atom stereocenters. The molecule has 3 heteroatoms. The SMILES string of the molecule is CCC(NCc1cc2c(s1)CCC2)c1cccs1. The highest BCUT2D eigenvalue weighted by Crippen LogP contribution is 2.31. The van der Waals surface area contributed by atoms with E-state index < -0.39 is 0 Å². The van der Waals surface area contributed by atoms with Gasteiger partial charge in [-0.1, -0.05) is 13.0 Å². The van der Waals surface area contributed by atoms with Crippen LogP contribution in [0.25, 0.3) is 0 Å². The monoisotopic (exact) mass is 277 g/mol. The van der Waals surface area contributed by atoms with E-state index in [9.17, 15) is 0 Å². The number of rotatable bonds is 5. The molecule has 0 spiro atoms. The first-order chi connectivity index (χ1) is 8.86. The first-order valence-electron chi connectivity index (χ1n) is 6.74. The lowest BCUT2D eigenvalue weighted by Gasteiger charge is -2.14. The average Bonchev–Trinajstić information content (AvgIpc) is 3.04. The maximum absolute atomic E-state index is 3.70. The minimum Gasteiger partial charge on any atom is -0.304 e. The average molecular weight is 277 g/mol. The molecule has 0 bridgehead atoms. The van der Waals surface area contributed by atoms with Gasteiger partial charge in [0.05, 0.1) is 0 Å². The van der Waals surface area contributed by atoms with Crippen LogP contribution in [0.1, 0.15) is 46.0 Å². The topological polar surface area (TPSA) is 12.0 Å². The van der Waals surface area contributed by atoms with E-state index in [-0.39, 0.29) is 0 Å². The molecule has 0 radical (unpaired) electrons. The van der Waals surface area contributed by atoms with Crippen molar-refractivity contribution in [3.05, 3.63) is 43.8 Å². The Morgan fingerprint density at radius 1 is 1.39 bits per heavy atom. The first-order valence-corrected chi connectivity index (χ1v) is 8.43. The van der Waals surface area contributed by atoms with Crippen LogP contribution < -0.4 is 5.32 Å². The minimum atomic E-state index is 0.516. The summed E-state index contributed by atoms with van der Waals surface area (Å²) in [5.41, 5.74) is 1.61. The van der Waals surface area contributed by atoms with Crippen molar-refractivity contribution in [2.45, 2.75) is 45.2 Å². The van der Waals surface area contributed by atoms with Crippen LogP contribution in [0.5, 0.6) is 0 Å². The molecule has 0 aromatic carbocycles. The normalized spacial score (nSPS) is 15.8. The van der Waals surface area contributed by atoms with Crippen LogP contribution in [0.3, 0.4) is 0 Å². The van der Waals surface area contributed by atoms with E-state index >= 15 is 0 Å². The second-order valence-electron chi connectivity index (χ2n) is 4.87. The number of thiophene rings is 2. The third kappa shape index (κ3) is 2.53. The fourth-order valence-corrected chi connectivity index (χ4v) is 4.73. The van der Waals surface area contributed by atoms with E-state index in [1.165, 1.54) is 29.0 Å². The van der Waals surface area contributed by atoms with Gasteiger partial charge in [-0.05, 0) is 48.8 Å². The molecule has 0 aliphatic heterocycles. The summed E-state index contributed by atoms with van der Waals surface area (Å²) in [4.78, 5) is 4.60. The van der Waals surface area contributed by atoms with Gasteiger partial charge in [0.2, 0.25) is 0 Å². The maximum Gasteiger partial charge on any atom is 0.0415 e. The van der Waals surface area contributed by atoms with Crippen molar-refractivity contribution in [2.75, 3.05) is 0 Å². The highest BCUT2D eigenvalue weighted by Gasteiger charge is 2.15. The smallest absolute Gasteiger partial charge is 0.0415 e. The molecule has 0 saturated heterocycles. The molecule has 0 amide bonds. The van der Waals surface area contributed by atoms with Crippen molar-refractivity contribution in [3.8, 4) is 0 Å². The molecule has 2 aromatic heterocycles. The number of fused-ring (bicyclic) bond motifs is 1. The van der Waals surface area contributed by atoms with Gasteiger partial charge < -0.3 is 5.32 Å². The molecule has 1 nitrogen and oxygen atoms in total. The number of hydrogen-bond acceptors (Lipinski definition) is 3. The summed E-state index contributed by atoms with van der Waals surface area (Å²) in [5.74, 6) is 0. The van der Waals surface area contributed by atoms with Crippen LogP contribution in [0.15, 0.2) is 23.6 Å². The largest absolute Gasteiger partial charge is 0.304 e. The van der Waals surface area contributed by atoms with Crippen molar-refractivity contribution >= 4 is 22.7 Å². The molecule has 1 aliphatic carbocycles. The summed E-state index contributed by atoms with van der Waals surface area (Å²) in [6.45, 7) is 3.28. The zero-order chi connectivity index (χ0) is 12.4. The predicted octanol–water partition coefficient (Wildman–Crippen LogP) is 4.54. The van der Waals surface area contributed by atoms with Crippen LogP contribution in [0.2, 0.25) is 0 Å². The second-order valence-corrected chi connectivity index (χ2v) is 7.07. The molecule has 96 valence electrons. The summed E-state index contributed by atoms with van der Waals surface area (Å²) >= 11 is 3.87. The summed E-state index contributed by atoms with van der Waals surface area (Å²) in [5, 5.41) is 5.86. The Morgan fingerprint density at radius 2 is 2.33 bits per heavy atom. The Labute approximate surface area is 117 Å². The number of hydrogen-bond donors (Lipinski definition) is 1. The Balaban J connectivity index is 1.62. The number of nitrogens with one attached hydrogen (secondary N) is 1. The van der Waals surface area contributed by atoms with Gasteiger partial charge in [-0.25, -0.2) is 0 Å². The van der Waals surface area contributed by atoms with E-state index in [1.54, 1.807) is 10.4 Å². The van der Waals surface area contributed by atoms with E-state index in [4.69, 9.17) is 0 Å². The third-order valence-corrected chi connectivity index (χ3v) is 5.84. The van der Waals surface area contributed by atoms with E-state index in [2.05, 4.69) is 35.8 Å². The van der Waals surface area contributed by atoms with Gasteiger partial charge in [-0.15, -0.1) is 22.7 Å². The molecule has 3 rings (SSSR count). The quantitative estimate of drug-likeness (QED) is 0.846. The zero-order valence-corrected chi connectivity index (χ0v) is 12.4. The maximum atomic E-state index is 3.70. The fraction of sp³-hybridized carbons (Fsp3) is 0.467. The van der Waals surface area contributed by atoms with Crippen molar-refractivity contribution in [1.29, 1.82) is 0 Å². The molecule has 1 aliphatic rings. The second kappa shape index (κ2) is 5.55. The van der Waals surface area contributed by atoms with Gasteiger partial charge in [0.1, 0.15) is 0 Å². The first kappa shape index (κ1) is 12.4. The van der Waals surface area contributed by atoms with Gasteiger partial charge in [-0.3, -0.25) is 0 Å². The van der Waals surface area contributed by atoms with Gasteiger partial charge >= 0.3 is 0 Å². The Bertz CT molecular complexity index is 477. The van der Waals surface area contributed by atoms with Crippen LogP contribution in [0.4, 0.5) is 0 Å². The summed E-state index contributed by atoms with van der Waals surface area (Å²) in [6, 6.07) is 7.31. The van der Waals surface area contributed by atoms with Crippen LogP contribution >= 0.6 is 22.7 Å². The Hall–Kier alpha value is -0.640. The van der Waals surface area contributed by atoms with Crippen molar-refractivity contribution < 1.29 is 0 Å². The van der Waals surface area contributed by atoms with Crippen molar-refractivity contribution in [3.63, 3.8) is 0 Å². The molecule has 1 unspecified atom stereocenters. The highest BCUT2D eigenvalue weighted by atomic mass is 32.1. The molecular formula is C15H19NS2. The summed E-state index contributed by atoms with van der Waals surface area (Å²) in [7, 11) is 0. The molecule has 0 fully saturated rings. The lowest BCUT2D eigenvalue weighted by molar-refractivity contribution is 0.529. The number of aryl methyl sites for hydroxylation is 2. The molecule has 18 heavy (non-hydrogen) atoms. The molecular weight excluding hydrogens is 258 g/mol. The zero-order valence-electron chi connectivity index (χ0n) is 10.7. The highest BCUT2D eigenvalue weighted by molar-refractivity contribution is 7.12. The van der Waals surface area contributed by atoms with Crippen LogP contribution in [0, 0.1) is 0 Å². The fourth-order valence-electron chi connectivity index (χ4n) is 2.64. The predicted molar refractivity (Wildman–Crippen MR) is 80.5 cm³/mol. The molecule has 0 saturated carbocycles. The van der Waals surface area contributed by atoms with Crippen molar-refractivity contribution in [1.82, 2.24) is 5.32 Å². The summed E-state index contributed by atoms with van der Waals surface area (Å²) in [6.07, 6.45) is 5.13. The lowest BCUT2D eigenvalue weighted by atomic mass is 10.2. The minimum absolute atomic E-state index is 0.516. The molecule has 1 N–H and O–H groups in total. The third-order valence-electron chi connectivity index (χ3n) is 3.62. The molecule has 2 heterocycles. The summed E-state index contributed by atoms with van der Waals surface area (Å²) < 4.78 is 0. The standard InChI is InChI=1S/C15H19NS2/c1-2-13(15-7-4-8-17-15)16-10-12-9-11-5-3-6-14(11)18-12/h4,7-9,13,16H,2-3,5-6,10H2,1H3. The van der Waals surface area contributed by atoms with Gasteiger partial charge in [0, 0.05) is 27.2 Å².